The van der Waals surface area contributed by atoms with Crippen LogP contribution in [0.5, 0.6) is 0 Å². The van der Waals surface area contributed by atoms with E-state index in [1.54, 1.807) is 12.1 Å². The van der Waals surface area contributed by atoms with Crippen LogP contribution in [0.4, 0.5) is 0 Å². The molecule has 0 N–H and O–H groups in total. The zero-order valence-corrected chi connectivity index (χ0v) is 20.9. The molecule has 0 atom stereocenters. The number of carbonyl (C=O) groups excluding carboxylic acids is 1. The number of hydrogen-bond donors (Lipinski definition) is 0. The van der Waals surface area contributed by atoms with Crippen molar-refractivity contribution >= 4 is 33.2 Å². The highest BCUT2D eigenvalue weighted by molar-refractivity contribution is 9.10. The minimum atomic E-state index is -0.255. The van der Waals surface area contributed by atoms with E-state index in [9.17, 15) is 4.79 Å². The molecule has 0 fully saturated rings. The summed E-state index contributed by atoms with van der Waals surface area (Å²) in [6.45, 7) is 0. The van der Waals surface area contributed by atoms with Gasteiger partial charge >= 0.3 is 0 Å². The van der Waals surface area contributed by atoms with Crippen LogP contribution in [0.15, 0.2) is 119 Å². The van der Waals surface area contributed by atoms with Crippen LogP contribution in [0.25, 0.3) is 32.8 Å². The van der Waals surface area contributed by atoms with Crippen molar-refractivity contribution in [3.8, 4) is 32.8 Å². The van der Waals surface area contributed by atoms with Gasteiger partial charge in [0.05, 0.1) is 10.6 Å². The maximum Gasteiger partial charge on any atom is 0.279 e. The third kappa shape index (κ3) is 4.58. The van der Waals surface area contributed by atoms with Crippen molar-refractivity contribution in [1.29, 1.82) is 0 Å². The van der Waals surface area contributed by atoms with Crippen molar-refractivity contribution in [3.63, 3.8) is 0 Å². The van der Waals surface area contributed by atoms with Gasteiger partial charge in [-0.3, -0.25) is 4.79 Å². The van der Waals surface area contributed by atoms with Crippen molar-refractivity contribution in [2.45, 2.75) is 0 Å². The van der Waals surface area contributed by atoms with Gasteiger partial charge in [-0.25, -0.2) is 0 Å². The van der Waals surface area contributed by atoms with Crippen molar-refractivity contribution in [2.24, 2.45) is 12.0 Å². The summed E-state index contributed by atoms with van der Waals surface area (Å²) in [4.78, 5) is 19.1. The Morgan fingerprint density at radius 1 is 0.706 bits per heavy atom. The number of aromatic nitrogens is 1. The molecule has 0 aliphatic heterocycles. The summed E-state index contributed by atoms with van der Waals surface area (Å²) in [5, 5.41) is 0. The van der Waals surface area contributed by atoms with E-state index in [-0.39, 0.29) is 5.91 Å². The molecule has 0 aliphatic carbocycles. The minimum absolute atomic E-state index is 0.255. The van der Waals surface area contributed by atoms with Gasteiger partial charge < -0.3 is 4.57 Å². The van der Waals surface area contributed by atoms with Gasteiger partial charge in [-0.1, -0.05) is 112 Å². The number of carbonyl (C=O) groups is 1. The Balaban J connectivity index is 1.62. The summed E-state index contributed by atoms with van der Waals surface area (Å²) < 4.78 is 2.94. The van der Waals surface area contributed by atoms with Crippen LogP contribution >= 0.6 is 27.3 Å². The SMILES string of the molecule is Cn1c(-c2ccc(-c3ccccc3)cc2)c(-c2ccccc2)sc1=NC(=O)c1ccc(Br)cc1. The van der Waals surface area contributed by atoms with Crippen LogP contribution in [0.3, 0.4) is 0 Å². The lowest BCUT2D eigenvalue weighted by molar-refractivity contribution is 0.0998. The average molecular weight is 525 g/mol. The number of halogens is 1. The zero-order valence-electron chi connectivity index (χ0n) is 18.5. The fraction of sp³-hybridized carbons (Fsp3) is 0.0345. The summed E-state index contributed by atoms with van der Waals surface area (Å²) in [6.07, 6.45) is 0. The third-order valence-corrected chi connectivity index (χ3v) is 7.33. The Morgan fingerprint density at radius 3 is 1.85 bits per heavy atom. The fourth-order valence-electron chi connectivity index (χ4n) is 3.86. The smallest absolute Gasteiger partial charge is 0.279 e. The first-order valence-electron chi connectivity index (χ1n) is 10.9. The van der Waals surface area contributed by atoms with Gasteiger partial charge in [-0.05, 0) is 46.5 Å². The Morgan fingerprint density at radius 2 is 1.24 bits per heavy atom. The molecule has 4 aromatic carbocycles. The Bertz CT molecular complexity index is 1500. The van der Waals surface area contributed by atoms with E-state index in [2.05, 4.69) is 69.5 Å². The first kappa shape index (κ1) is 22.3. The number of rotatable bonds is 4. The highest BCUT2D eigenvalue weighted by Gasteiger charge is 2.16. The average Bonchev–Trinajstić information content (AvgIpc) is 3.21. The molecule has 0 saturated carbocycles. The molecule has 0 unspecified atom stereocenters. The van der Waals surface area contributed by atoms with E-state index in [0.717, 1.165) is 26.2 Å². The fourth-order valence-corrected chi connectivity index (χ4v) is 5.27. The molecule has 0 aliphatic rings. The molecule has 5 rings (SSSR count). The monoisotopic (exact) mass is 524 g/mol. The molecule has 0 bridgehead atoms. The second kappa shape index (κ2) is 9.75. The zero-order chi connectivity index (χ0) is 23.5. The summed E-state index contributed by atoms with van der Waals surface area (Å²) in [5.74, 6) is -0.255. The highest BCUT2D eigenvalue weighted by Crippen LogP contribution is 2.35. The molecule has 34 heavy (non-hydrogen) atoms. The summed E-state index contributed by atoms with van der Waals surface area (Å²) in [6, 6.07) is 36.4. The second-order valence-electron chi connectivity index (χ2n) is 7.85. The van der Waals surface area contributed by atoms with Crippen LogP contribution in [0.1, 0.15) is 10.4 Å². The quantitative estimate of drug-likeness (QED) is 0.238. The first-order chi connectivity index (χ1) is 16.6. The summed E-state index contributed by atoms with van der Waals surface area (Å²) in [7, 11) is 1.97. The number of nitrogens with zero attached hydrogens (tertiary/aromatic N) is 2. The highest BCUT2D eigenvalue weighted by atomic mass is 79.9. The predicted molar refractivity (Wildman–Crippen MR) is 144 cm³/mol. The van der Waals surface area contributed by atoms with Gasteiger partial charge in [0.2, 0.25) is 0 Å². The number of amides is 1. The van der Waals surface area contributed by atoms with E-state index in [1.165, 1.54) is 22.5 Å². The summed E-state index contributed by atoms with van der Waals surface area (Å²) in [5.41, 5.74) is 6.13. The lowest BCUT2D eigenvalue weighted by Gasteiger charge is -2.09. The van der Waals surface area contributed by atoms with E-state index in [4.69, 9.17) is 0 Å². The molecular formula is C29H21BrN2OS. The maximum atomic E-state index is 12.9. The van der Waals surface area contributed by atoms with E-state index in [0.29, 0.717) is 10.4 Å². The summed E-state index contributed by atoms with van der Waals surface area (Å²) >= 11 is 4.94. The van der Waals surface area contributed by atoms with Gasteiger partial charge in [-0.15, -0.1) is 0 Å². The lowest BCUT2D eigenvalue weighted by Crippen LogP contribution is -2.14. The van der Waals surface area contributed by atoms with Gasteiger partial charge in [0.1, 0.15) is 0 Å². The Labute approximate surface area is 210 Å². The van der Waals surface area contributed by atoms with Crippen LogP contribution < -0.4 is 4.80 Å². The van der Waals surface area contributed by atoms with Gasteiger partial charge in [0.15, 0.2) is 4.80 Å². The first-order valence-corrected chi connectivity index (χ1v) is 12.5. The second-order valence-corrected chi connectivity index (χ2v) is 9.75. The molecule has 5 aromatic rings. The number of benzene rings is 4. The molecule has 1 aromatic heterocycles. The van der Waals surface area contributed by atoms with Crippen LogP contribution in [-0.4, -0.2) is 10.5 Å². The molecular weight excluding hydrogens is 504 g/mol. The molecule has 0 spiro atoms. The van der Waals surface area contributed by atoms with Gasteiger partial charge in [-0.2, -0.15) is 4.99 Å². The van der Waals surface area contributed by atoms with Crippen molar-refractivity contribution in [1.82, 2.24) is 4.57 Å². The number of hydrogen-bond acceptors (Lipinski definition) is 2. The predicted octanol–water partition coefficient (Wildman–Crippen LogP) is 7.59. The van der Waals surface area contributed by atoms with E-state index in [1.807, 2.05) is 60.1 Å². The van der Waals surface area contributed by atoms with Crippen molar-refractivity contribution in [3.05, 3.63) is 124 Å². The van der Waals surface area contributed by atoms with Crippen LogP contribution in [0, 0.1) is 0 Å². The molecule has 166 valence electrons. The lowest BCUT2D eigenvalue weighted by atomic mass is 10.0. The molecule has 0 saturated heterocycles. The Kier molecular flexibility index (Phi) is 6.39. The minimum Gasteiger partial charge on any atom is -0.319 e. The van der Waals surface area contributed by atoms with Gasteiger partial charge in [0.25, 0.3) is 5.91 Å². The third-order valence-electron chi connectivity index (χ3n) is 5.62. The molecule has 1 heterocycles. The van der Waals surface area contributed by atoms with Crippen molar-refractivity contribution in [2.75, 3.05) is 0 Å². The van der Waals surface area contributed by atoms with Crippen LogP contribution in [-0.2, 0) is 7.05 Å². The normalized spacial score (nSPS) is 11.5. The van der Waals surface area contributed by atoms with E-state index < -0.39 is 0 Å². The van der Waals surface area contributed by atoms with Crippen molar-refractivity contribution < 1.29 is 4.79 Å². The molecule has 5 heteroatoms. The van der Waals surface area contributed by atoms with Crippen LogP contribution in [0.2, 0.25) is 0 Å². The van der Waals surface area contributed by atoms with Gasteiger partial charge in [0, 0.05) is 17.1 Å². The maximum absolute atomic E-state index is 12.9. The standard InChI is InChI=1S/C29H21BrN2OS/c1-32-26(22-14-12-21(13-15-22)20-8-4-2-5-9-20)27(23-10-6-3-7-11-23)34-29(32)31-28(33)24-16-18-25(30)19-17-24/h2-19H,1H3. The number of thiazole rings is 1. The van der Waals surface area contributed by atoms with E-state index >= 15 is 0 Å². The Hall–Kier alpha value is -3.54. The molecule has 3 nitrogen and oxygen atoms in total. The molecule has 0 radical (unpaired) electrons. The molecule has 1 amide bonds. The topological polar surface area (TPSA) is 34.4 Å². The largest absolute Gasteiger partial charge is 0.319 e.